The summed E-state index contributed by atoms with van der Waals surface area (Å²) in [6, 6.07) is 3.65. The number of ketones is 2. The molecule has 4 heteroatoms. The van der Waals surface area contributed by atoms with Gasteiger partial charge in [-0.1, -0.05) is 6.07 Å². The molecule has 0 atom stereocenters. The molecule has 2 rings (SSSR count). The molecule has 1 aromatic heterocycles. The summed E-state index contributed by atoms with van der Waals surface area (Å²) in [7, 11) is 1.41. The van der Waals surface area contributed by atoms with Gasteiger partial charge in [0, 0.05) is 30.0 Å². The second-order valence-electron chi connectivity index (χ2n) is 4.07. The first-order valence-electron chi connectivity index (χ1n) is 5.57. The fraction of sp³-hybridized carbons (Fsp3) is 0.214. The third-order valence-electron chi connectivity index (χ3n) is 2.79. The first kappa shape index (κ1) is 12.2. The summed E-state index contributed by atoms with van der Waals surface area (Å²) in [5, 5.41) is 0. The predicted octanol–water partition coefficient (Wildman–Crippen LogP) is 1.62. The Balaban J connectivity index is 2.38. The number of carbonyl (C=O) groups is 2. The molecular weight excluding hydrogens is 230 g/mol. The highest BCUT2D eigenvalue weighted by atomic mass is 16.5. The Hall–Kier alpha value is -2.23. The lowest BCUT2D eigenvalue weighted by Gasteiger charge is -2.16. The van der Waals surface area contributed by atoms with Crippen LogP contribution in [0.2, 0.25) is 0 Å². The number of methoxy groups -OCH3 is 1. The van der Waals surface area contributed by atoms with Gasteiger partial charge in [0.1, 0.15) is 0 Å². The summed E-state index contributed by atoms with van der Waals surface area (Å²) in [5.41, 5.74) is 1.67. The van der Waals surface area contributed by atoms with Crippen LogP contribution in [-0.2, 0) is 20.7 Å². The van der Waals surface area contributed by atoms with Gasteiger partial charge in [-0.3, -0.25) is 14.6 Å². The number of allylic oxidation sites excluding steroid dienone is 3. The second-order valence-corrected chi connectivity index (χ2v) is 4.07. The van der Waals surface area contributed by atoms with Crippen LogP contribution in [0.25, 0.3) is 0 Å². The van der Waals surface area contributed by atoms with Crippen molar-refractivity contribution in [2.75, 3.05) is 7.11 Å². The van der Waals surface area contributed by atoms with Crippen LogP contribution >= 0.6 is 0 Å². The van der Waals surface area contributed by atoms with E-state index in [1.807, 2.05) is 6.07 Å². The zero-order valence-corrected chi connectivity index (χ0v) is 10.3. The molecule has 92 valence electrons. The quantitative estimate of drug-likeness (QED) is 0.757. The minimum absolute atomic E-state index is 0.142. The molecule has 1 aliphatic carbocycles. The Bertz CT molecular complexity index is 556. The van der Waals surface area contributed by atoms with Crippen LogP contribution in [0.1, 0.15) is 12.5 Å². The highest BCUT2D eigenvalue weighted by molar-refractivity contribution is 6.21. The van der Waals surface area contributed by atoms with Crippen molar-refractivity contribution in [1.29, 1.82) is 0 Å². The second kappa shape index (κ2) is 4.96. The minimum Gasteiger partial charge on any atom is -0.492 e. The molecule has 1 aliphatic rings. The van der Waals surface area contributed by atoms with Gasteiger partial charge in [0.2, 0.25) is 5.78 Å². The summed E-state index contributed by atoms with van der Waals surface area (Å²) in [6.45, 7) is 1.61. The van der Waals surface area contributed by atoms with Crippen LogP contribution in [0.15, 0.2) is 47.5 Å². The Morgan fingerprint density at radius 3 is 2.72 bits per heavy atom. The molecule has 0 amide bonds. The summed E-state index contributed by atoms with van der Waals surface area (Å²) in [4.78, 5) is 27.8. The average Bonchev–Trinajstić information content (AvgIpc) is 2.37. The van der Waals surface area contributed by atoms with Crippen molar-refractivity contribution in [3.63, 3.8) is 0 Å². The zero-order chi connectivity index (χ0) is 13.1. The van der Waals surface area contributed by atoms with E-state index in [1.54, 1.807) is 25.4 Å². The molecule has 0 N–H and O–H groups in total. The molecule has 4 nitrogen and oxygen atoms in total. The smallest absolute Gasteiger partial charge is 0.223 e. The van der Waals surface area contributed by atoms with E-state index in [9.17, 15) is 9.59 Å². The lowest BCUT2D eigenvalue weighted by molar-refractivity contribution is -0.118. The summed E-state index contributed by atoms with van der Waals surface area (Å²) < 4.78 is 5.08. The molecule has 0 unspecified atom stereocenters. The molecular formula is C14H13NO3. The largest absolute Gasteiger partial charge is 0.492 e. The van der Waals surface area contributed by atoms with Crippen molar-refractivity contribution < 1.29 is 14.3 Å². The third kappa shape index (κ3) is 2.22. The predicted molar refractivity (Wildman–Crippen MR) is 65.7 cm³/mol. The van der Waals surface area contributed by atoms with Crippen LogP contribution < -0.4 is 0 Å². The summed E-state index contributed by atoms with van der Waals surface area (Å²) in [5.74, 6) is -0.257. The fourth-order valence-corrected chi connectivity index (χ4v) is 1.87. The Morgan fingerprint density at radius 1 is 1.33 bits per heavy atom. The number of hydrogen-bond donors (Lipinski definition) is 0. The molecule has 0 saturated carbocycles. The Kier molecular flexibility index (Phi) is 3.37. The van der Waals surface area contributed by atoms with E-state index in [0.29, 0.717) is 17.6 Å². The highest BCUT2D eigenvalue weighted by Gasteiger charge is 2.27. The molecule has 0 aromatic carbocycles. The summed E-state index contributed by atoms with van der Waals surface area (Å²) >= 11 is 0. The SMILES string of the molecule is COC1=C(Cc2cccnc2)C(=O)C=C(C)C1=O. The molecule has 0 aliphatic heterocycles. The first-order valence-corrected chi connectivity index (χ1v) is 5.57. The van der Waals surface area contributed by atoms with Crippen LogP contribution in [0, 0.1) is 0 Å². The van der Waals surface area contributed by atoms with E-state index in [1.165, 1.54) is 13.2 Å². The standard InChI is InChI=1S/C14H13NO3/c1-9-6-12(16)11(14(18-2)13(9)17)7-10-4-3-5-15-8-10/h3-6,8H,7H2,1-2H3. The third-order valence-corrected chi connectivity index (χ3v) is 2.79. The first-order chi connectivity index (χ1) is 8.63. The maximum absolute atomic E-state index is 11.9. The number of rotatable bonds is 3. The van der Waals surface area contributed by atoms with Gasteiger partial charge in [0.05, 0.1) is 7.11 Å². The lowest BCUT2D eigenvalue weighted by atomic mass is 9.92. The number of nitrogens with zero attached hydrogens (tertiary/aromatic N) is 1. The van der Waals surface area contributed by atoms with Crippen molar-refractivity contribution in [3.8, 4) is 0 Å². The van der Waals surface area contributed by atoms with E-state index in [-0.39, 0.29) is 17.3 Å². The van der Waals surface area contributed by atoms with Gasteiger partial charge in [-0.2, -0.15) is 0 Å². The number of carbonyl (C=O) groups excluding carboxylic acids is 2. The molecule has 0 fully saturated rings. The topological polar surface area (TPSA) is 56.3 Å². The zero-order valence-electron chi connectivity index (χ0n) is 10.3. The van der Waals surface area contributed by atoms with Crippen molar-refractivity contribution in [2.24, 2.45) is 0 Å². The van der Waals surface area contributed by atoms with Crippen LogP contribution in [0.3, 0.4) is 0 Å². The maximum atomic E-state index is 11.9. The number of pyridine rings is 1. The Labute approximate surface area is 105 Å². The Morgan fingerprint density at radius 2 is 2.11 bits per heavy atom. The number of aromatic nitrogens is 1. The van der Waals surface area contributed by atoms with E-state index in [4.69, 9.17) is 4.74 Å². The van der Waals surface area contributed by atoms with Gasteiger partial charge >= 0.3 is 0 Å². The van der Waals surface area contributed by atoms with Gasteiger partial charge in [0.25, 0.3) is 0 Å². The van der Waals surface area contributed by atoms with Crippen molar-refractivity contribution in [3.05, 3.63) is 53.1 Å². The van der Waals surface area contributed by atoms with Gasteiger partial charge in [-0.25, -0.2) is 0 Å². The van der Waals surface area contributed by atoms with Gasteiger partial charge < -0.3 is 4.74 Å². The molecule has 1 heterocycles. The fourth-order valence-electron chi connectivity index (χ4n) is 1.87. The molecule has 18 heavy (non-hydrogen) atoms. The monoisotopic (exact) mass is 243 g/mol. The lowest BCUT2D eigenvalue weighted by Crippen LogP contribution is -2.20. The van der Waals surface area contributed by atoms with Crippen LogP contribution in [0.4, 0.5) is 0 Å². The highest BCUT2D eigenvalue weighted by Crippen LogP contribution is 2.22. The molecule has 0 bridgehead atoms. The average molecular weight is 243 g/mol. The van der Waals surface area contributed by atoms with Gasteiger partial charge in [0.15, 0.2) is 11.5 Å². The number of ether oxygens (including phenoxy) is 1. The number of hydrogen-bond acceptors (Lipinski definition) is 4. The van der Waals surface area contributed by atoms with Crippen molar-refractivity contribution in [2.45, 2.75) is 13.3 Å². The van der Waals surface area contributed by atoms with Crippen LogP contribution in [0.5, 0.6) is 0 Å². The van der Waals surface area contributed by atoms with Crippen LogP contribution in [-0.4, -0.2) is 23.7 Å². The van der Waals surface area contributed by atoms with E-state index >= 15 is 0 Å². The molecule has 0 saturated heterocycles. The molecule has 0 radical (unpaired) electrons. The number of Topliss-reactive ketones (excluding diaryl/α,β-unsaturated/α-hetero) is 1. The van der Waals surface area contributed by atoms with Crippen molar-refractivity contribution in [1.82, 2.24) is 4.98 Å². The minimum atomic E-state index is -0.226. The maximum Gasteiger partial charge on any atom is 0.223 e. The summed E-state index contributed by atoms with van der Waals surface area (Å²) in [6.07, 6.45) is 5.04. The molecule has 1 aromatic rings. The van der Waals surface area contributed by atoms with E-state index in [0.717, 1.165) is 5.56 Å². The normalized spacial score (nSPS) is 15.8. The molecule has 0 spiro atoms. The van der Waals surface area contributed by atoms with E-state index in [2.05, 4.69) is 4.98 Å². The van der Waals surface area contributed by atoms with Crippen molar-refractivity contribution >= 4 is 11.6 Å². The van der Waals surface area contributed by atoms with Gasteiger partial charge in [-0.05, 0) is 24.6 Å². The van der Waals surface area contributed by atoms with E-state index < -0.39 is 0 Å². The van der Waals surface area contributed by atoms with Gasteiger partial charge in [-0.15, -0.1) is 0 Å².